The number of aromatic nitrogens is 3. The van der Waals surface area contributed by atoms with E-state index in [4.69, 9.17) is 0 Å². The molecule has 0 saturated heterocycles. The highest BCUT2D eigenvalue weighted by atomic mass is 79.9. The number of hydrogen-bond donors (Lipinski definition) is 1. The first-order valence-electron chi connectivity index (χ1n) is 6.09. The Kier molecular flexibility index (Phi) is 3.20. The van der Waals surface area contributed by atoms with Crippen molar-refractivity contribution in [3.8, 4) is 0 Å². The van der Waals surface area contributed by atoms with Crippen molar-refractivity contribution in [2.75, 3.05) is 6.54 Å². The van der Waals surface area contributed by atoms with Crippen LogP contribution >= 0.6 is 15.9 Å². The van der Waals surface area contributed by atoms with E-state index in [9.17, 15) is 4.79 Å². The van der Waals surface area contributed by atoms with Crippen LogP contribution in [0.2, 0.25) is 0 Å². The number of benzene rings is 1. The van der Waals surface area contributed by atoms with E-state index in [-0.39, 0.29) is 5.78 Å². The Balaban J connectivity index is 2.01. The van der Waals surface area contributed by atoms with Gasteiger partial charge in [-0.25, -0.2) is 4.68 Å². The van der Waals surface area contributed by atoms with E-state index in [0.717, 1.165) is 19.5 Å². The summed E-state index contributed by atoms with van der Waals surface area (Å²) in [6.45, 7) is 1.82. The molecule has 6 heteroatoms. The summed E-state index contributed by atoms with van der Waals surface area (Å²) in [5.74, 6) is -0.0623. The second-order valence-electron chi connectivity index (χ2n) is 4.59. The van der Waals surface area contributed by atoms with Crippen molar-refractivity contribution in [1.29, 1.82) is 0 Å². The quantitative estimate of drug-likeness (QED) is 0.851. The Labute approximate surface area is 119 Å². The van der Waals surface area contributed by atoms with Crippen LogP contribution in [0.1, 0.15) is 27.2 Å². The Morgan fingerprint density at radius 3 is 3.00 bits per heavy atom. The molecule has 1 aliphatic heterocycles. The minimum atomic E-state index is -0.0623. The van der Waals surface area contributed by atoms with Gasteiger partial charge in [-0.1, -0.05) is 17.3 Å². The number of fused-ring (bicyclic) bond motifs is 1. The lowest BCUT2D eigenvalue weighted by Gasteiger charge is -2.17. The molecule has 0 saturated carbocycles. The predicted molar refractivity (Wildman–Crippen MR) is 74.0 cm³/mol. The SMILES string of the molecule is Cn1nnc(Br)c1C(=O)c1ccc2c(c1)CNCC2. The second-order valence-corrected chi connectivity index (χ2v) is 5.34. The summed E-state index contributed by atoms with van der Waals surface area (Å²) >= 11 is 3.26. The average molecular weight is 321 g/mol. The fraction of sp³-hybridized carbons (Fsp3) is 0.308. The van der Waals surface area contributed by atoms with Gasteiger partial charge in [-0.15, -0.1) is 5.10 Å². The van der Waals surface area contributed by atoms with Crippen LogP contribution in [0.5, 0.6) is 0 Å². The molecule has 0 spiro atoms. The van der Waals surface area contributed by atoms with Gasteiger partial charge in [0.2, 0.25) is 5.78 Å². The summed E-state index contributed by atoms with van der Waals surface area (Å²) < 4.78 is 1.97. The van der Waals surface area contributed by atoms with Crippen LogP contribution in [0.3, 0.4) is 0 Å². The van der Waals surface area contributed by atoms with Crippen LogP contribution in [0.25, 0.3) is 0 Å². The van der Waals surface area contributed by atoms with Crippen molar-refractivity contribution in [3.05, 3.63) is 45.2 Å². The molecular weight excluding hydrogens is 308 g/mol. The number of carbonyl (C=O) groups excluding carboxylic acids is 1. The van der Waals surface area contributed by atoms with Crippen LogP contribution in [0.4, 0.5) is 0 Å². The molecule has 1 aromatic carbocycles. The number of ketones is 1. The highest BCUT2D eigenvalue weighted by Gasteiger charge is 2.20. The zero-order valence-electron chi connectivity index (χ0n) is 10.5. The maximum absolute atomic E-state index is 12.5. The fourth-order valence-corrected chi connectivity index (χ4v) is 2.84. The van der Waals surface area contributed by atoms with Gasteiger partial charge in [-0.2, -0.15) is 0 Å². The lowest BCUT2D eigenvalue weighted by molar-refractivity contribution is 0.102. The molecule has 98 valence electrons. The molecule has 0 bridgehead atoms. The summed E-state index contributed by atoms with van der Waals surface area (Å²) in [5, 5.41) is 11.0. The van der Waals surface area contributed by atoms with Crippen molar-refractivity contribution in [3.63, 3.8) is 0 Å². The van der Waals surface area contributed by atoms with E-state index in [2.05, 4.69) is 31.6 Å². The van der Waals surface area contributed by atoms with E-state index in [1.807, 2.05) is 18.2 Å². The first kappa shape index (κ1) is 12.5. The topological polar surface area (TPSA) is 59.8 Å². The molecule has 0 amide bonds. The number of nitrogens with one attached hydrogen (secondary N) is 1. The van der Waals surface area contributed by atoms with Gasteiger partial charge in [0.05, 0.1) is 0 Å². The largest absolute Gasteiger partial charge is 0.312 e. The summed E-state index contributed by atoms with van der Waals surface area (Å²) in [4.78, 5) is 12.5. The van der Waals surface area contributed by atoms with Crippen LogP contribution in [0.15, 0.2) is 22.8 Å². The maximum Gasteiger partial charge on any atom is 0.213 e. The Morgan fingerprint density at radius 2 is 2.26 bits per heavy atom. The van der Waals surface area contributed by atoms with Crippen LogP contribution in [-0.2, 0) is 20.0 Å². The highest BCUT2D eigenvalue weighted by Crippen LogP contribution is 2.20. The summed E-state index contributed by atoms with van der Waals surface area (Å²) in [6, 6.07) is 5.89. The molecule has 0 aliphatic carbocycles. The number of carbonyl (C=O) groups is 1. The first-order chi connectivity index (χ1) is 9.16. The van der Waals surface area contributed by atoms with Gasteiger partial charge >= 0.3 is 0 Å². The lowest BCUT2D eigenvalue weighted by atomic mass is 9.96. The molecule has 19 heavy (non-hydrogen) atoms. The van der Waals surface area contributed by atoms with Gasteiger partial charge in [0.25, 0.3) is 0 Å². The van der Waals surface area contributed by atoms with Gasteiger partial charge in [-0.3, -0.25) is 4.79 Å². The van der Waals surface area contributed by atoms with Gasteiger partial charge in [-0.05, 0) is 46.1 Å². The fourth-order valence-electron chi connectivity index (χ4n) is 2.33. The summed E-state index contributed by atoms with van der Waals surface area (Å²) in [7, 11) is 1.71. The minimum absolute atomic E-state index is 0.0623. The first-order valence-corrected chi connectivity index (χ1v) is 6.88. The third-order valence-corrected chi connectivity index (χ3v) is 3.89. The normalized spacial score (nSPS) is 14.2. The Morgan fingerprint density at radius 1 is 1.42 bits per heavy atom. The van der Waals surface area contributed by atoms with Crippen molar-refractivity contribution >= 4 is 21.7 Å². The molecule has 0 radical (unpaired) electrons. The Bertz CT molecular complexity index is 631. The number of hydrogen-bond acceptors (Lipinski definition) is 4. The molecule has 1 N–H and O–H groups in total. The van der Waals surface area contributed by atoms with Gasteiger partial charge in [0, 0.05) is 19.2 Å². The Hall–Kier alpha value is -1.53. The monoisotopic (exact) mass is 320 g/mol. The van der Waals surface area contributed by atoms with Crippen molar-refractivity contribution < 1.29 is 4.79 Å². The maximum atomic E-state index is 12.5. The molecule has 1 aromatic heterocycles. The highest BCUT2D eigenvalue weighted by molar-refractivity contribution is 9.10. The number of rotatable bonds is 2. The number of aryl methyl sites for hydroxylation is 1. The van der Waals surface area contributed by atoms with Crippen molar-refractivity contribution in [2.45, 2.75) is 13.0 Å². The van der Waals surface area contributed by atoms with Crippen LogP contribution in [-0.4, -0.2) is 27.3 Å². The standard InChI is InChI=1S/C13H13BrN4O/c1-18-11(13(14)16-17-18)12(19)9-3-2-8-4-5-15-7-10(8)6-9/h2-3,6,15H,4-5,7H2,1H3. The zero-order valence-corrected chi connectivity index (χ0v) is 12.1. The zero-order chi connectivity index (χ0) is 13.4. The average Bonchev–Trinajstić information content (AvgIpc) is 2.77. The molecule has 0 unspecified atom stereocenters. The molecule has 0 atom stereocenters. The van der Waals surface area contributed by atoms with E-state index >= 15 is 0 Å². The molecule has 3 rings (SSSR count). The molecule has 2 aromatic rings. The smallest absolute Gasteiger partial charge is 0.213 e. The van der Waals surface area contributed by atoms with Gasteiger partial charge < -0.3 is 5.32 Å². The van der Waals surface area contributed by atoms with Gasteiger partial charge in [0.15, 0.2) is 4.60 Å². The lowest BCUT2D eigenvalue weighted by Crippen LogP contribution is -2.24. The van der Waals surface area contributed by atoms with Gasteiger partial charge in [0.1, 0.15) is 5.69 Å². The molecule has 2 heterocycles. The molecule has 0 fully saturated rings. The van der Waals surface area contributed by atoms with Crippen LogP contribution < -0.4 is 5.32 Å². The molecule has 5 nitrogen and oxygen atoms in total. The predicted octanol–water partition coefficient (Wildman–Crippen LogP) is 1.45. The third kappa shape index (κ3) is 2.21. The summed E-state index contributed by atoms with van der Waals surface area (Å²) in [6.07, 6.45) is 1.01. The van der Waals surface area contributed by atoms with Crippen molar-refractivity contribution in [2.24, 2.45) is 7.05 Å². The van der Waals surface area contributed by atoms with E-state index < -0.39 is 0 Å². The summed E-state index contributed by atoms with van der Waals surface area (Å²) in [5.41, 5.74) is 3.66. The number of nitrogens with zero attached hydrogens (tertiary/aromatic N) is 3. The van der Waals surface area contributed by atoms with E-state index in [1.54, 1.807) is 7.05 Å². The molecule has 1 aliphatic rings. The van der Waals surface area contributed by atoms with E-state index in [0.29, 0.717) is 15.9 Å². The van der Waals surface area contributed by atoms with E-state index in [1.165, 1.54) is 15.8 Å². The second kappa shape index (κ2) is 4.86. The third-order valence-electron chi connectivity index (χ3n) is 3.36. The van der Waals surface area contributed by atoms with Crippen LogP contribution in [0, 0.1) is 0 Å². The number of halogens is 1. The molecular formula is C13H13BrN4O. The minimum Gasteiger partial charge on any atom is -0.312 e. The van der Waals surface area contributed by atoms with Crippen molar-refractivity contribution in [1.82, 2.24) is 20.3 Å².